The minimum atomic E-state index is -0.330. The van der Waals surface area contributed by atoms with Crippen molar-refractivity contribution in [1.82, 2.24) is 0 Å². The fourth-order valence-electron chi connectivity index (χ4n) is 2.90. The van der Waals surface area contributed by atoms with Gasteiger partial charge in [0.1, 0.15) is 6.21 Å². The molecule has 0 radical (unpaired) electrons. The maximum Gasteiger partial charge on any atom is 0.290 e. The van der Waals surface area contributed by atoms with Gasteiger partial charge in [-0.3, -0.25) is 0 Å². The first kappa shape index (κ1) is 16.0. The summed E-state index contributed by atoms with van der Waals surface area (Å²) in [6.07, 6.45) is 1.16. The molecule has 0 unspecified atom stereocenters. The largest absolute Gasteiger partial charge is 0.480 e. The SMILES string of the molecule is Oc1oc(C=NOC(c2ccccc2)c2ccccc2)c2ccccc12. The average molecular weight is 343 g/mol. The quantitative estimate of drug-likeness (QED) is 0.396. The number of aromatic hydroxyl groups is 1. The molecule has 0 spiro atoms. The Morgan fingerprint density at radius 2 is 1.31 bits per heavy atom. The van der Waals surface area contributed by atoms with Crippen molar-refractivity contribution in [2.75, 3.05) is 0 Å². The van der Waals surface area contributed by atoms with E-state index < -0.39 is 0 Å². The molecule has 0 atom stereocenters. The molecule has 3 aromatic carbocycles. The van der Waals surface area contributed by atoms with Gasteiger partial charge in [-0.15, -0.1) is 0 Å². The zero-order valence-electron chi connectivity index (χ0n) is 13.9. The molecule has 0 aliphatic rings. The van der Waals surface area contributed by atoms with E-state index >= 15 is 0 Å². The van der Waals surface area contributed by atoms with Crippen LogP contribution in [0.1, 0.15) is 23.0 Å². The predicted octanol–water partition coefficient (Wildman–Crippen LogP) is 5.28. The van der Waals surface area contributed by atoms with E-state index in [9.17, 15) is 5.11 Å². The van der Waals surface area contributed by atoms with Crippen molar-refractivity contribution in [2.24, 2.45) is 5.16 Å². The van der Waals surface area contributed by atoms with Crippen molar-refractivity contribution >= 4 is 17.0 Å². The highest BCUT2D eigenvalue weighted by molar-refractivity contribution is 5.99. The van der Waals surface area contributed by atoms with E-state index in [0.29, 0.717) is 11.1 Å². The molecule has 0 fully saturated rings. The van der Waals surface area contributed by atoms with Gasteiger partial charge in [0.25, 0.3) is 5.95 Å². The molecule has 1 N–H and O–H groups in total. The minimum absolute atomic E-state index is 0.121. The van der Waals surface area contributed by atoms with Gasteiger partial charge in [0, 0.05) is 5.39 Å². The van der Waals surface area contributed by atoms with Crippen molar-refractivity contribution in [3.05, 3.63) is 102 Å². The fraction of sp³-hybridized carbons (Fsp3) is 0.0455. The summed E-state index contributed by atoms with van der Waals surface area (Å²) in [5.74, 6) is 0.336. The second-order valence-corrected chi connectivity index (χ2v) is 5.86. The zero-order chi connectivity index (χ0) is 17.8. The van der Waals surface area contributed by atoms with Gasteiger partial charge < -0.3 is 14.4 Å². The molecule has 4 heteroatoms. The van der Waals surface area contributed by atoms with Crippen LogP contribution in [0.2, 0.25) is 0 Å². The lowest BCUT2D eigenvalue weighted by Crippen LogP contribution is -2.03. The van der Waals surface area contributed by atoms with Crippen LogP contribution in [-0.2, 0) is 4.84 Å². The number of hydrogen-bond donors (Lipinski definition) is 1. The first-order chi connectivity index (χ1) is 12.8. The summed E-state index contributed by atoms with van der Waals surface area (Å²) in [7, 11) is 0. The maximum atomic E-state index is 9.89. The molecule has 1 heterocycles. The molecule has 4 aromatic rings. The minimum Gasteiger partial charge on any atom is -0.480 e. The second-order valence-electron chi connectivity index (χ2n) is 5.86. The van der Waals surface area contributed by atoms with Crippen molar-refractivity contribution in [3.63, 3.8) is 0 Å². The number of oxime groups is 1. The highest BCUT2D eigenvalue weighted by Gasteiger charge is 2.15. The van der Waals surface area contributed by atoms with Crippen LogP contribution in [0, 0.1) is 0 Å². The third-order valence-electron chi connectivity index (χ3n) is 4.17. The van der Waals surface area contributed by atoms with E-state index in [2.05, 4.69) is 5.16 Å². The Labute approximate surface area is 151 Å². The topological polar surface area (TPSA) is 55.0 Å². The predicted molar refractivity (Wildman–Crippen MR) is 101 cm³/mol. The van der Waals surface area contributed by atoms with E-state index in [1.165, 1.54) is 6.21 Å². The number of benzene rings is 3. The summed E-state index contributed by atoms with van der Waals surface area (Å²) < 4.78 is 5.38. The Morgan fingerprint density at radius 3 is 1.92 bits per heavy atom. The lowest BCUT2D eigenvalue weighted by Gasteiger charge is -2.15. The molecule has 4 nitrogen and oxygen atoms in total. The van der Waals surface area contributed by atoms with Gasteiger partial charge in [-0.05, 0) is 17.2 Å². The molecule has 0 aliphatic carbocycles. The molecule has 0 saturated carbocycles. The Hall–Kier alpha value is -3.53. The van der Waals surface area contributed by atoms with Gasteiger partial charge >= 0.3 is 0 Å². The summed E-state index contributed by atoms with van der Waals surface area (Å²) >= 11 is 0. The van der Waals surface area contributed by atoms with Gasteiger partial charge in [0.05, 0.1) is 5.39 Å². The standard InChI is InChI=1S/C22H17NO3/c24-22-19-14-8-7-13-18(19)20(25-22)15-23-26-21(16-9-3-1-4-10-16)17-11-5-2-6-12-17/h1-15,21,24H. The number of furan rings is 1. The van der Waals surface area contributed by atoms with E-state index in [1.807, 2.05) is 78.9 Å². The van der Waals surface area contributed by atoms with Crippen molar-refractivity contribution in [1.29, 1.82) is 0 Å². The Bertz CT molecular complexity index is 984. The van der Waals surface area contributed by atoms with E-state index in [4.69, 9.17) is 9.25 Å². The highest BCUT2D eigenvalue weighted by Crippen LogP contribution is 2.30. The van der Waals surface area contributed by atoms with Crippen LogP contribution in [-0.4, -0.2) is 11.3 Å². The van der Waals surface area contributed by atoms with E-state index in [0.717, 1.165) is 16.5 Å². The molecule has 0 aliphatic heterocycles. The second kappa shape index (κ2) is 7.15. The first-order valence-electron chi connectivity index (χ1n) is 8.32. The van der Waals surface area contributed by atoms with Gasteiger partial charge in [0.2, 0.25) is 0 Å². The summed E-state index contributed by atoms with van der Waals surface area (Å²) in [6, 6.07) is 27.2. The Morgan fingerprint density at radius 1 is 0.769 bits per heavy atom. The fourth-order valence-corrected chi connectivity index (χ4v) is 2.90. The monoisotopic (exact) mass is 343 g/mol. The summed E-state index contributed by atoms with van der Waals surface area (Å²) in [5, 5.41) is 15.5. The smallest absolute Gasteiger partial charge is 0.290 e. The number of fused-ring (bicyclic) bond motifs is 1. The lowest BCUT2D eigenvalue weighted by molar-refractivity contribution is 0.0885. The summed E-state index contributed by atoms with van der Waals surface area (Å²) in [4.78, 5) is 5.80. The zero-order valence-corrected chi connectivity index (χ0v) is 13.9. The summed E-state index contributed by atoms with van der Waals surface area (Å²) in [6.45, 7) is 0. The van der Waals surface area contributed by atoms with Crippen LogP contribution in [0.25, 0.3) is 10.8 Å². The van der Waals surface area contributed by atoms with E-state index in [1.54, 1.807) is 6.07 Å². The molecular weight excluding hydrogens is 326 g/mol. The van der Waals surface area contributed by atoms with Crippen LogP contribution in [0.4, 0.5) is 0 Å². The molecule has 26 heavy (non-hydrogen) atoms. The van der Waals surface area contributed by atoms with Gasteiger partial charge in [-0.2, -0.15) is 0 Å². The maximum absolute atomic E-state index is 9.89. The van der Waals surface area contributed by atoms with Gasteiger partial charge in [-0.1, -0.05) is 84.0 Å². The van der Waals surface area contributed by atoms with Crippen molar-refractivity contribution in [2.45, 2.75) is 6.10 Å². The van der Waals surface area contributed by atoms with Gasteiger partial charge in [-0.25, -0.2) is 0 Å². The van der Waals surface area contributed by atoms with Crippen LogP contribution in [0.5, 0.6) is 5.95 Å². The van der Waals surface area contributed by atoms with Crippen LogP contribution < -0.4 is 0 Å². The molecule has 0 amide bonds. The molecule has 0 saturated heterocycles. The molecular formula is C22H17NO3. The Kier molecular flexibility index (Phi) is 4.39. The average Bonchev–Trinajstić information content (AvgIpc) is 3.03. The first-order valence-corrected chi connectivity index (χ1v) is 8.32. The van der Waals surface area contributed by atoms with Crippen LogP contribution in [0.3, 0.4) is 0 Å². The van der Waals surface area contributed by atoms with Gasteiger partial charge in [0.15, 0.2) is 11.9 Å². The summed E-state index contributed by atoms with van der Waals surface area (Å²) in [5.41, 5.74) is 2.01. The third kappa shape index (κ3) is 3.17. The highest BCUT2D eigenvalue weighted by atomic mass is 16.6. The van der Waals surface area contributed by atoms with E-state index in [-0.39, 0.29) is 12.1 Å². The molecule has 1 aromatic heterocycles. The number of hydrogen-bond acceptors (Lipinski definition) is 4. The van der Waals surface area contributed by atoms with Crippen molar-refractivity contribution in [3.8, 4) is 5.95 Å². The van der Waals surface area contributed by atoms with Crippen LogP contribution >= 0.6 is 0 Å². The number of rotatable bonds is 5. The van der Waals surface area contributed by atoms with Crippen molar-refractivity contribution < 1.29 is 14.4 Å². The third-order valence-corrected chi connectivity index (χ3v) is 4.17. The lowest BCUT2D eigenvalue weighted by atomic mass is 10.0. The number of nitrogens with zero attached hydrogens (tertiary/aromatic N) is 1. The molecule has 0 bridgehead atoms. The Balaban J connectivity index is 1.63. The van der Waals surface area contributed by atoms with Crippen LogP contribution in [0.15, 0.2) is 94.5 Å². The molecule has 4 rings (SSSR count). The molecule has 128 valence electrons. The normalized spacial score (nSPS) is 11.4.